The van der Waals surface area contributed by atoms with Crippen molar-refractivity contribution in [2.45, 2.75) is 26.4 Å². The number of carbonyl (C=O) groups is 1. The van der Waals surface area contributed by atoms with E-state index in [9.17, 15) is 4.79 Å². The monoisotopic (exact) mass is 504 g/mol. The van der Waals surface area contributed by atoms with Crippen LogP contribution in [0.25, 0.3) is 33.4 Å². The Labute approximate surface area is 221 Å². The maximum Gasteiger partial charge on any atom is 0.303 e. The largest absolute Gasteiger partial charge is 0.494 e. The number of aryl methyl sites for hydroxylation is 1. The van der Waals surface area contributed by atoms with E-state index in [0.29, 0.717) is 37.1 Å². The molecule has 4 aromatic carbocycles. The van der Waals surface area contributed by atoms with Gasteiger partial charge in [-0.2, -0.15) is 4.98 Å². The molecule has 6 nitrogen and oxygen atoms in total. The van der Waals surface area contributed by atoms with Crippen molar-refractivity contribution < 1.29 is 19.4 Å². The van der Waals surface area contributed by atoms with Crippen LogP contribution in [-0.4, -0.2) is 27.7 Å². The Bertz CT molecular complexity index is 1570. The maximum absolute atomic E-state index is 10.7. The van der Waals surface area contributed by atoms with Gasteiger partial charge in [0.25, 0.3) is 0 Å². The average Bonchev–Trinajstić information content (AvgIpc) is 2.95. The third-order valence-electron chi connectivity index (χ3n) is 6.28. The maximum atomic E-state index is 10.7. The number of rotatable bonds is 10. The highest BCUT2D eigenvalue weighted by Crippen LogP contribution is 2.29. The summed E-state index contributed by atoms with van der Waals surface area (Å²) >= 11 is 0. The predicted molar refractivity (Wildman–Crippen MR) is 148 cm³/mol. The Kier molecular flexibility index (Phi) is 7.59. The van der Waals surface area contributed by atoms with Crippen molar-refractivity contribution in [2.24, 2.45) is 0 Å². The number of carboxylic acids is 1. The molecule has 0 radical (unpaired) electrons. The van der Waals surface area contributed by atoms with Gasteiger partial charge in [0.05, 0.1) is 12.3 Å². The van der Waals surface area contributed by atoms with E-state index < -0.39 is 5.97 Å². The van der Waals surface area contributed by atoms with Gasteiger partial charge in [-0.15, -0.1) is 0 Å². The van der Waals surface area contributed by atoms with Gasteiger partial charge in [-0.05, 0) is 53.4 Å². The fourth-order valence-electron chi connectivity index (χ4n) is 4.17. The summed E-state index contributed by atoms with van der Waals surface area (Å²) in [7, 11) is 0. The summed E-state index contributed by atoms with van der Waals surface area (Å²) in [6.45, 7) is 2.85. The molecule has 0 amide bonds. The molecule has 0 saturated carbocycles. The molecule has 1 aromatic heterocycles. The fourth-order valence-corrected chi connectivity index (χ4v) is 4.17. The summed E-state index contributed by atoms with van der Waals surface area (Å²) < 4.78 is 11.9. The van der Waals surface area contributed by atoms with Crippen molar-refractivity contribution in [2.75, 3.05) is 6.61 Å². The second-order valence-corrected chi connectivity index (χ2v) is 9.07. The highest BCUT2D eigenvalue weighted by molar-refractivity contribution is 5.87. The van der Waals surface area contributed by atoms with Crippen molar-refractivity contribution >= 4 is 16.7 Å². The van der Waals surface area contributed by atoms with Gasteiger partial charge in [-0.1, -0.05) is 72.8 Å². The second kappa shape index (κ2) is 11.6. The molecule has 5 aromatic rings. The number of aromatic nitrogens is 2. The molecule has 38 heavy (non-hydrogen) atoms. The molecule has 0 bridgehead atoms. The van der Waals surface area contributed by atoms with Crippen LogP contribution in [0.3, 0.4) is 0 Å². The van der Waals surface area contributed by atoms with Crippen LogP contribution in [0.15, 0.2) is 97.1 Å². The van der Waals surface area contributed by atoms with E-state index in [2.05, 4.69) is 25.1 Å². The number of ether oxygens (including phenoxy) is 2. The molecule has 0 aliphatic rings. The first-order valence-corrected chi connectivity index (χ1v) is 12.6. The van der Waals surface area contributed by atoms with Crippen molar-refractivity contribution in [1.29, 1.82) is 0 Å². The molecule has 6 heteroatoms. The lowest BCUT2D eigenvalue weighted by Gasteiger charge is -2.12. The van der Waals surface area contributed by atoms with Crippen LogP contribution in [0.5, 0.6) is 11.6 Å². The molecule has 190 valence electrons. The van der Waals surface area contributed by atoms with Crippen LogP contribution in [-0.2, 0) is 11.4 Å². The molecule has 0 spiro atoms. The first-order chi connectivity index (χ1) is 18.5. The lowest BCUT2D eigenvalue weighted by atomic mass is 10.1. The van der Waals surface area contributed by atoms with E-state index >= 15 is 0 Å². The summed E-state index contributed by atoms with van der Waals surface area (Å²) in [4.78, 5) is 20.3. The second-order valence-electron chi connectivity index (χ2n) is 9.07. The van der Waals surface area contributed by atoms with E-state index in [1.807, 2.05) is 78.9 Å². The summed E-state index contributed by atoms with van der Waals surface area (Å²) in [5, 5.41) is 10.8. The number of fused-ring (bicyclic) bond motifs is 1. The highest BCUT2D eigenvalue weighted by Gasteiger charge is 2.12. The van der Waals surface area contributed by atoms with Crippen molar-refractivity contribution in [3.05, 3.63) is 108 Å². The first kappa shape index (κ1) is 25.0. The van der Waals surface area contributed by atoms with Gasteiger partial charge < -0.3 is 14.6 Å². The molecule has 0 unspecified atom stereocenters. The molecular weight excluding hydrogens is 476 g/mol. The third kappa shape index (κ3) is 6.16. The molecule has 1 N–H and O–H groups in total. The smallest absolute Gasteiger partial charge is 0.303 e. The molecule has 0 saturated heterocycles. The Hall–Kier alpha value is -4.71. The summed E-state index contributed by atoms with van der Waals surface area (Å²) in [5.41, 5.74) is 4.94. The van der Waals surface area contributed by atoms with Crippen LogP contribution in [0.4, 0.5) is 0 Å². The summed E-state index contributed by atoms with van der Waals surface area (Å²) in [6, 6.07) is 31.9. The van der Waals surface area contributed by atoms with Gasteiger partial charge in [0, 0.05) is 23.6 Å². The molecule has 0 fully saturated rings. The zero-order valence-electron chi connectivity index (χ0n) is 21.1. The Morgan fingerprint density at radius 1 is 0.789 bits per heavy atom. The normalized spacial score (nSPS) is 10.9. The van der Waals surface area contributed by atoms with Gasteiger partial charge >= 0.3 is 5.97 Å². The Balaban J connectivity index is 1.43. The zero-order chi connectivity index (χ0) is 26.3. The van der Waals surface area contributed by atoms with E-state index in [1.54, 1.807) is 0 Å². The summed E-state index contributed by atoms with van der Waals surface area (Å²) in [5.74, 6) is 0.996. The van der Waals surface area contributed by atoms with Crippen LogP contribution >= 0.6 is 0 Å². The molecule has 0 aliphatic carbocycles. The molecule has 0 atom stereocenters. The van der Waals surface area contributed by atoms with Gasteiger partial charge in [0.1, 0.15) is 12.4 Å². The SMILES string of the molecule is Cc1ccccc1COc1cc(-c2ccccc2)nc(-c2ccc3cc(OCCCC(=O)O)ccc3c2)n1. The zero-order valence-corrected chi connectivity index (χ0v) is 21.1. The van der Waals surface area contributed by atoms with Gasteiger partial charge in [-0.3, -0.25) is 4.79 Å². The number of hydrogen-bond acceptors (Lipinski definition) is 5. The molecule has 5 rings (SSSR count). The third-order valence-corrected chi connectivity index (χ3v) is 6.28. The number of hydrogen-bond donors (Lipinski definition) is 1. The fraction of sp³-hybridized carbons (Fsp3) is 0.156. The molecular formula is C32H28N2O4. The minimum absolute atomic E-state index is 0.0929. The minimum Gasteiger partial charge on any atom is -0.494 e. The van der Waals surface area contributed by atoms with E-state index in [-0.39, 0.29) is 6.42 Å². The number of aliphatic carboxylic acids is 1. The van der Waals surface area contributed by atoms with E-state index in [1.165, 1.54) is 5.56 Å². The standard InChI is InChI=1S/C32H28N2O4/c1-22-8-5-6-11-27(22)21-38-30-20-29(23-9-3-2-4-10-23)33-32(34-30)26-14-13-25-19-28(16-15-24(25)18-26)37-17-7-12-31(35)36/h2-6,8-11,13-16,18-20H,7,12,17,21H2,1H3,(H,35,36). The predicted octanol–water partition coefficient (Wildman–Crippen LogP) is 7.09. The van der Waals surface area contributed by atoms with Gasteiger partial charge in [0.15, 0.2) is 5.82 Å². The van der Waals surface area contributed by atoms with E-state index in [4.69, 9.17) is 24.5 Å². The van der Waals surface area contributed by atoms with Crippen molar-refractivity contribution in [1.82, 2.24) is 9.97 Å². The quantitative estimate of drug-likeness (QED) is 0.204. The molecule has 0 aliphatic heterocycles. The Morgan fingerprint density at radius 3 is 2.37 bits per heavy atom. The lowest BCUT2D eigenvalue weighted by Crippen LogP contribution is -2.02. The van der Waals surface area contributed by atoms with Crippen LogP contribution in [0, 0.1) is 6.92 Å². The number of benzene rings is 4. The van der Waals surface area contributed by atoms with Crippen molar-refractivity contribution in [3.8, 4) is 34.3 Å². The highest BCUT2D eigenvalue weighted by atomic mass is 16.5. The average molecular weight is 505 g/mol. The number of nitrogens with zero attached hydrogens (tertiary/aromatic N) is 2. The minimum atomic E-state index is -0.818. The van der Waals surface area contributed by atoms with Crippen LogP contribution in [0.1, 0.15) is 24.0 Å². The van der Waals surface area contributed by atoms with Crippen LogP contribution in [0.2, 0.25) is 0 Å². The first-order valence-electron chi connectivity index (χ1n) is 12.6. The topological polar surface area (TPSA) is 81.5 Å². The molecule has 1 heterocycles. The number of carboxylic acid groups (broad SMARTS) is 1. The van der Waals surface area contributed by atoms with Crippen molar-refractivity contribution in [3.63, 3.8) is 0 Å². The van der Waals surface area contributed by atoms with Crippen LogP contribution < -0.4 is 9.47 Å². The van der Waals surface area contributed by atoms with Gasteiger partial charge in [0.2, 0.25) is 5.88 Å². The van der Waals surface area contributed by atoms with E-state index in [0.717, 1.165) is 33.2 Å². The Morgan fingerprint density at radius 2 is 1.55 bits per heavy atom. The summed E-state index contributed by atoms with van der Waals surface area (Å²) in [6.07, 6.45) is 0.561. The van der Waals surface area contributed by atoms with Gasteiger partial charge in [-0.25, -0.2) is 4.98 Å². The lowest BCUT2D eigenvalue weighted by molar-refractivity contribution is -0.137.